The van der Waals surface area contributed by atoms with Crippen LogP contribution >= 0.6 is 11.6 Å². The van der Waals surface area contributed by atoms with Crippen molar-refractivity contribution in [3.05, 3.63) is 88.9 Å². The van der Waals surface area contributed by atoms with E-state index in [9.17, 15) is 4.79 Å². The molecular weight excluding hydrogens is 322 g/mol. The molecule has 0 aliphatic carbocycles. The first-order chi connectivity index (χ1) is 11.6. The minimum absolute atomic E-state index is 0.134. The molecule has 3 nitrogen and oxygen atoms in total. The second-order valence-corrected chi connectivity index (χ2v) is 5.84. The monoisotopic (exact) mass is 337 g/mol. The average Bonchev–Trinajstić information content (AvgIpc) is 2.59. The maximum atomic E-state index is 12.2. The Kier molecular flexibility index (Phi) is 4.82. The molecule has 4 heteroatoms. The molecule has 0 saturated heterocycles. The summed E-state index contributed by atoms with van der Waals surface area (Å²) in [4.78, 5) is 12.2. The van der Waals surface area contributed by atoms with Crippen LogP contribution in [0.25, 0.3) is 0 Å². The summed E-state index contributed by atoms with van der Waals surface area (Å²) < 4.78 is 5.72. The van der Waals surface area contributed by atoms with Crippen molar-refractivity contribution in [3.63, 3.8) is 0 Å². The first kappa shape index (κ1) is 16.1. The zero-order valence-electron chi connectivity index (χ0n) is 13.1. The zero-order valence-corrected chi connectivity index (χ0v) is 13.9. The van der Waals surface area contributed by atoms with Gasteiger partial charge in [-0.05, 0) is 67.6 Å². The number of rotatable bonds is 4. The smallest absolute Gasteiger partial charge is 0.255 e. The van der Waals surface area contributed by atoms with Crippen LogP contribution < -0.4 is 10.1 Å². The van der Waals surface area contributed by atoms with Gasteiger partial charge in [0, 0.05) is 16.3 Å². The predicted octanol–water partition coefficient (Wildman–Crippen LogP) is 5.69. The number of aryl methyl sites for hydroxylation is 1. The van der Waals surface area contributed by atoms with Crippen LogP contribution in [0, 0.1) is 6.92 Å². The first-order valence-electron chi connectivity index (χ1n) is 7.52. The third-order valence-electron chi connectivity index (χ3n) is 3.44. The van der Waals surface area contributed by atoms with Crippen molar-refractivity contribution in [2.75, 3.05) is 5.32 Å². The van der Waals surface area contributed by atoms with E-state index in [1.54, 1.807) is 54.6 Å². The first-order valence-corrected chi connectivity index (χ1v) is 7.89. The molecule has 0 saturated carbocycles. The van der Waals surface area contributed by atoms with Gasteiger partial charge in [-0.1, -0.05) is 29.3 Å². The van der Waals surface area contributed by atoms with Gasteiger partial charge in [-0.25, -0.2) is 0 Å². The molecule has 0 fully saturated rings. The molecule has 0 unspecified atom stereocenters. The number of carbonyl (C=O) groups excluding carboxylic acids is 1. The number of nitrogens with one attached hydrogen (secondary N) is 1. The highest BCUT2D eigenvalue weighted by molar-refractivity contribution is 6.30. The van der Waals surface area contributed by atoms with Crippen LogP contribution in [0.5, 0.6) is 11.5 Å². The fourth-order valence-electron chi connectivity index (χ4n) is 2.23. The largest absolute Gasteiger partial charge is 0.457 e. The van der Waals surface area contributed by atoms with Gasteiger partial charge < -0.3 is 10.1 Å². The van der Waals surface area contributed by atoms with Crippen molar-refractivity contribution in [1.29, 1.82) is 0 Å². The van der Waals surface area contributed by atoms with Gasteiger partial charge in [0.15, 0.2) is 0 Å². The van der Waals surface area contributed by atoms with Crippen molar-refractivity contribution in [2.45, 2.75) is 6.92 Å². The lowest BCUT2D eigenvalue weighted by molar-refractivity contribution is 0.102. The number of halogens is 1. The number of hydrogen-bond acceptors (Lipinski definition) is 2. The van der Waals surface area contributed by atoms with Gasteiger partial charge in [-0.2, -0.15) is 0 Å². The van der Waals surface area contributed by atoms with Crippen LogP contribution in [0.2, 0.25) is 5.02 Å². The number of benzene rings is 3. The van der Waals surface area contributed by atoms with Crippen molar-refractivity contribution >= 4 is 23.2 Å². The summed E-state index contributed by atoms with van der Waals surface area (Å²) >= 11 is 5.85. The second-order valence-electron chi connectivity index (χ2n) is 5.40. The molecule has 0 bridgehead atoms. The van der Waals surface area contributed by atoms with Crippen LogP contribution in [0.4, 0.5) is 5.69 Å². The number of ether oxygens (including phenoxy) is 1. The molecule has 1 N–H and O–H groups in total. The average molecular weight is 338 g/mol. The zero-order chi connectivity index (χ0) is 16.9. The van der Waals surface area contributed by atoms with Crippen molar-refractivity contribution in [1.82, 2.24) is 0 Å². The maximum Gasteiger partial charge on any atom is 0.255 e. The van der Waals surface area contributed by atoms with E-state index in [0.29, 0.717) is 27.8 Å². The Balaban J connectivity index is 1.66. The van der Waals surface area contributed by atoms with Crippen LogP contribution in [-0.2, 0) is 0 Å². The van der Waals surface area contributed by atoms with Gasteiger partial charge >= 0.3 is 0 Å². The van der Waals surface area contributed by atoms with Crippen LogP contribution in [0.1, 0.15) is 15.9 Å². The summed E-state index contributed by atoms with van der Waals surface area (Å²) in [5.41, 5.74) is 2.40. The highest BCUT2D eigenvalue weighted by Gasteiger charge is 2.06. The Bertz CT molecular complexity index is 842. The van der Waals surface area contributed by atoms with Gasteiger partial charge in [-0.15, -0.1) is 0 Å². The van der Waals surface area contributed by atoms with Crippen LogP contribution in [0.3, 0.4) is 0 Å². The van der Waals surface area contributed by atoms with E-state index in [1.165, 1.54) is 0 Å². The molecule has 3 aromatic rings. The number of hydrogen-bond donors (Lipinski definition) is 1. The van der Waals surface area contributed by atoms with Gasteiger partial charge in [0.05, 0.1) is 0 Å². The molecule has 3 aromatic carbocycles. The minimum atomic E-state index is -0.134. The highest BCUT2D eigenvalue weighted by Crippen LogP contribution is 2.24. The van der Waals surface area contributed by atoms with E-state index >= 15 is 0 Å². The molecule has 0 heterocycles. The lowest BCUT2D eigenvalue weighted by Crippen LogP contribution is -2.11. The predicted molar refractivity (Wildman–Crippen MR) is 97.1 cm³/mol. The van der Waals surface area contributed by atoms with E-state index < -0.39 is 0 Å². The Morgan fingerprint density at radius 1 is 0.917 bits per heavy atom. The minimum Gasteiger partial charge on any atom is -0.457 e. The molecule has 3 rings (SSSR count). The molecule has 0 atom stereocenters. The summed E-state index contributed by atoms with van der Waals surface area (Å²) in [5, 5.41) is 3.54. The van der Waals surface area contributed by atoms with Gasteiger partial charge in [-0.3, -0.25) is 4.79 Å². The molecule has 24 heavy (non-hydrogen) atoms. The van der Waals surface area contributed by atoms with E-state index in [1.807, 2.05) is 25.1 Å². The summed E-state index contributed by atoms with van der Waals surface area (Å²) in [6.45, 7) is 1.96. The number of amides is 1. The lowest BCUT2D eigenvalue weighted by atomic mass is 10.1. The highest BCUT2D eigenvalue weighted by atomic mass is 35.5. The second kappa shape index (κ2) is 7.20. The van der Waals surface area contributed by atoms with Crippen molar-refractivity contribution < 1.29 is 9.53 Å². The Morgan fingerprint density at radius 2 is 1.54 bits per heavy atom. The number of anilines is 1. The Hall–Kier alpha value is -2.78. The fourth-order valence-corrected chi connectivity index (χ4v) is 2.36. The molecule has 1 amide bonds. The molecule has 0 aliphatic rings. The Labute approximate surface area is 145 Å². The standard InChI is InChI=1S/C20H16ClNO2/c1-14-3-2-4-15(13-14)20(23)22-17-7-11-19(12-8-17)24-18-9-5-16(21)6-10-18/h2-13H,1H3,(H,22,23). The summed E-state index contributed by atoms with van der Waals surface area (Å²) in [7, 11) is 0. The third-order valence-corrected chi connectivity index (χ3v) is 3.69. The van der Waals surface area contributed by atoms with E-state index in [2.05, 4.69) is 5.32 Å². The van der Waals surface area contributed by atoms with Gasteiger partial charge in [0.2, 0.25) is 0 Å². The fraction of sp³-hybridized carbons (Fsp3) is 0.0500. The van der Waals surface area contributed by atoms with E-state index in [4.69, 9.17) is 16.3 Å². The van der Waals surface area contributed by atoms with Crippen molar-refractivity contribution in [2.24, 2.45) is 0 Å². The van der Waals surface area contributed by atoms with Crippen molar-refractivity contribution in [3.8, 4) is 11.5 Å². The SMILES string of the molecule is Cc1cccc(C(=O)Nc2ccc(Oc3ccc(Cl)cc3)cc2)c1. The topological polar surface area (TPSA) is 38.3 Å². The molecule has 0 radical (unpaired) electrons. The summed E-state index contributed by atoms with van der Waals surface area (Å²) in [6, 6.07) is 21.8. The third kappa shape index (κ3) is 4.15. The molecular formula is C20H16ClNO2. The maximum absolute atomic E-state index is 12.2. The summed E-state index contributed by atoms with van der Waals surface area (Å²) in [6.07, 6.45) is 0. The Morgan fingerprint density at radius 3 is 2.17 bits per heavy atom. The van der Waals surface area contributed by atoms with Gasteiger partial charge in [0.1, 0.15) is 11.5 Å². The lowest BCUT2D eigenvalue weighted by Gasteiger charge is -2.08. The number of carbonyl (C=O) groups is 1. The quantitative estimate of drug-likeness (QED) is 0.663. The summed E-state index contributed by atoms with van der Waals surface area (Å²) in [5.74, 6) is 1.26. The van der Waals surface area contributed by atoms with Crippen LogP contribution in [0.15, 0.2) is 72.8 Å². The van der Waals surface area contributed by atoms with Gasteiger partial charge in [0.25, 0.3) is 5.91 Å². The molecule has 0 aliphatic heterocycles. The normalized spacial score (nSPS) is 10.2. The molecule has 0 aromatic heterocycles. The molecule has 0 spiro atoms. The molecule has 120 valence electrons. The van der Waals surface area contributed by atoms with E-state index in [-0.39, 0.29) is 5.91 Å². The van der Waals surface area contributed by atoms with Crippen LogP contribution in [-0.4, -0.2) is 5.91 Å². The van der Waals surface area contributed by atoms with E-state index in [0.717, 1.165) is 5.56 Å².